The average Bonchev–Trinajstić information content (AvgIpc) is 2.31. The summed E-state index contributed by atoms with van der Waals surface area (Å²) in [6.45, 7) is 4.94. The molecular weight excluding hydrogens is 220 g/mol. The Balaban J connectivity index is 2.78. The number of carbonyl (C=O) groups is 1. The Kier molecular flexibility index (Phi) is 5.29. The summed E-state index contributed by atoms with van der Waals surface area (Å²) < 4.78 is 10.2. The zero-order valence-electron chi connectivity index (χ0n) is 10.2. The van der Waals surface area contributed by atoms with Crippen molar-refractivity contribution in [1.82, 2.24) is 0 Å². The van der Waals surface area contributed by atoms with Gasteiger partial charge in [0, 0.05) is 17.8 Å². The molecule has 0 heterocycles. The quantitative estimate of drug-likeness (QED) is 0.824. The van der Waals surface area contributed by atoms with Gasteiger partial charge >= 0.3 is 6.09 Å². The Morgan fingerprint density at radius 3 is 2.71 bits per heavy atom. The third-order valence-corrected chi connectivity index (χ3v) is 2.10. The van der Waals surface area contributed by atoms with Gasteiger partial charge in [0.25, 0.3) is 0 Å². The zero-order chi connectivity index (χ0) is 12.7. The Morgan fingerprint density at radius 2 is 2.12 bits per heavy atom. The van der Waals surface area contributed by atoms with E-state index in [0.717, 1.165) is 11.3 Å². The fourth-order valence-corrected chi connectivity index (χ4v) is 1.40. The molecule has 1 aromatic rings. The molecule has 17 heavy (non-hydrogen) atoms. The highest BCUT2D eigenvalue weighted by Crippen LogP contribution is 2.22. The van der Waals surface area contributed by atoms with E-state index in [1.54, 1.807) is 25.1 Å². The number of nitrogens with two attached hydrogens (primary N) is 1. The SMILES string of the molecule is CCOC(=O)Nc1ccc(OCC)c(CN)c1. The summed E-state index contributed by atoms with van der Waals surface area (Å²) in [6.07, 6.45) is -0.473. The van der Waals surface area contributed by atoms with E-state index in [4.69, 9.17) is 15.2 Å². The predicted molar refractivity (Wildman–Crippen MR) is 66.1 cm³/mol. The van der Waals surface area contributed by atoms with Crippen molar-refractivity contribution in [2.75, 3.05) is 18.5 Å². The maximum atomic E-state index is 11.2. The summed E-state index contributed by atoms with van der Waals surface area (Å²) >= 11 is 0. The van der Waals surface area contributed by atoms with Crippen LogP contribution >= 0.6 is 0 Å². The molecule has 0 aliphatic heterocycles. The maximum Gasteiger partial charge on any atom is 0.411 e. The summed E-state index contributed by atoms with van der Waals surface area (Å²) in [5, 5.41) is 2.61. The van der Waals surface area contributed by atoms with Crippen LogP contribution in [0.2, 0.25) is 0 Å². The van der Waals surface area contributed by atoms with Crippen molar-refractivity contribution < 1.29 is 14.3 Å². The van der Waals surface area contributed by atoms with E-state index in [1.807, 2.05) is 6.92 Å². The molecule has 0 atom stereocenters. The van der Waals surface area contributed by atoms with Crippen LogP contribution in [-0.2, 0) is 11.3 Å². The van der Waals surface area contributed by atoms with Crippen molar-refractivity contribution in [3.63, 3.8) is 0 Å². The average molecular weight is 238 g/mol. The molecule has 1 aromatic carbocycles. The second-order valence-corrected chi connectivity index (χ2v) is 3.31. The molecule has 0 spiro atoms. The van der Waals surface area contributed by atoms with Crippen LogP contribution in [0.3, 0.4) is 0 Å². The number of amides is 1. The van der Waals surface area contributed by atoms with Crippen LogP contribution in [0.15, 0.2) is 18.2 Å². The van der Waals surface area contributed by atoms with Gasteiger partial charge in [-0.1, -0.05) is 0 Å². The zero-order valence-corrected chi connectivity index (χ0v) is 10.2. The minimum atomic E-state index is -0.473. The molecule has 1 rings (SSSR count). The smallest absolute Gasteiger partial charge is 0.411 e. The lowest BCUT2D eigenvalue weighted by atomic mass is 10.2. The number of rotatable bonds is 5. The highest BCUT2D eigenvalue weighted by molar-refractivity contribution is 5.84. The predicted octanol–water partition coefficient (Wildman–Crippen LogP) is 2.11. The molecule has 3 N–H and O–H groups in total. The van der Waals surface area contributed by atoms with E-state index in [-0.39, 0.29) is 0 Å². The van der Waals surface area contributed by atoms with E-state index in [9.17, 15) is 4.79 Å². The summed E-state index contributed by atoms with van der Waals surface area (Å²) in [7, 11) is 0. The first-order valence-corrected chi connectivity index (χ1v) is 5.60. The van der Waals surface area contributed by atoms with Crippen LogP contribution in [0.4, 0.5) is 10.5 Å². The normalized spacial score (nSPS) is 9.82. The minimum Gasteiger partial charge on any atom is -0.494 e. The van der Waals surface area contributed by atoms with Gasteiger partial charge in [-0.25, -0.2) is 4.79 Å². The van der Waals surface area contributed by atoms with Gasteiger partial charge in [0.1, 0.15) is 5.75 Å². The molecule has 0 aromatic heterocycles. The van der Waals surface area contributed by atoms with Gasteiger partial charge in [0.15, 0.2) is 0 Å². The lowest BCUT2D eigenvalue weighted by Crippen LogP contribution is -2.13. The molecule has 0 saturated carbocycles. The van der Waals surface area contributed by atoms with Crippen molar-refractivity contribution in [2.24, 2.45) is 5.73 Å². The van der Waals surface area contributed by atoms with Crippen LogP contribution in [0.1, 0.15) is 19.4 Å². The van der Waals surface area contributed by atoms with Gasteiger partial charge in [0.2, 0.25) is 0 Å². The third kappa shape index (κ3) is 3.96. The van der Waals surface area contributed by atoms with Gasteiger partial charge in [0.05, 0.1) is 13.2 Å². The molecule has 0 aliphatic rings. The van der Waals surface area contributed by atoms with Crippen LogP contribution in [0.5, 0.6) is 5.75 Å². The Bertz CT molecular complexity index is 380. The number of carbonyl (C=O) groups excluding carboxylic acids is 1. The third-order valence-electron chi connectivity index (χ3n) is 2.10. The summed E-state index contributed by atoms with van der Waals surface area (Å²) in [4.78, 5) is 11.2. The Labute approximate surface area is 101 Å². The number of ether oxygens (including phenoxy) is 2. The van der Waals surface area contributed by atoms with Crippen molar-refractivity contribution in [2.45, 2.75) is 20.4 Å². The lowest BCUT2D eigenvalue weighted by Gasteiger charge is -2.11. The van der Waals surface area contributed by atoms with E-state index >= 15 is 0 Å². The minimum absolute atomic E-state index is 0.340. The monoisotopic (exact) mass is 238 g/mol. The fourth-order valence-electron chi connectivity index (χ4n) is 1.40. The Morgan fingerprint density at radius 1 is 1.35 bits per heavy atom. The molecular formula is C12H18N2O3. The summed E-state index contributed by atoms with van der Waals surface area (Å²) in [6, 6.07) is 5.32. The van der Waals surface area contributed by atoms with Gasteiger partial charge < -0.3 is 15.2 Å². The summed E-state index contributed by atoms with van der Waals surface area (Å²) in [5.74, 6) is 0.740. The van der Waals surface area contributed by atoms with E-state index in [2.05, 4.69) is 5.32 Å². The first-order valence-electron chi connectivity index (χ1n) is 5.60. The second kappa shape index (κ2) is 6.75. The molecule has 0 aliphatic carbocycles. The number of hydrogen-bond acceptors (Lipinski definition) is 4. The molecule has 0 unspecified atom stereocenters. The van der Waals surface area contributed by atoms with Gasteiger partial charge in [-0.3, -0.25) is 5.32 Å². The van der Waals surface area contributed by atoms with E-state index < -0.39 is 6.09 Å². The maximum absolute atomic E-state index is 11.2. The van der Waals surface area contributed by atoms with Crippen LogP contribution in [-0.4, -0.2) is 19.3 Å². The Hall–Kier alpha value is -1.75. The molecule has 0 radical (unpaired) electrons. The van der Waals surface area contributed by atoms with Crippen LogP contribution in [0.25, 0.3) is 0 Å². The first-order chi connectivity index (χ1) is 8.21. The molecule has 5 heteroatoms. The molecule has 0 bridgehead atoms. The van der Waals surface area contributed by atoms with Gasteiger partial charge in [-0.15, -0.1) is 0 Å². The number of nitrogens with one attached hydrogen (secondary N) is 1. The molecule has 0 fully saturated rings. The van der Waals surface area contributed by atoms with Crippen molar-refractivity contribution in [3.05, 3.63) is 23.8 Å². The molecule has 5 nitrogen and oxygen atoms in total. The molecule has 94 valence electrons. The van der Waals surface area contributed by atoms with E-state index in [0.29, 0.717) is 25.4 Å². The first kappa shape index (κ1) is 13.3. The topological polar surface area (TPSA) is 73.6 Å². The molecule has 1 amide bonds. The fraction of sp³-hybridized carbons (Fsp3) is 0.417. The van der Waals surface area contributed by atoms with Crippen molar-refractivity contribution >= 4 is 11.8 Å². The highest BCUT2D eigenvalue weighted by Gasteiger charge is 2.06. The summed E-state index contributed by atoms with van der Waals surface area (Å²) in [5.41, 5.74) is 7.11. The molecule has 0 saturated heterocycles. The number of anilines is 1. The van der Waals surface area contributed by atoms with Gasteiger partial charge in [-0.2, -0.15) is 0 Å². The van der Waals surface area contributed by atoms with Gasteiger partial charge in [-0.05, 0) is 32.0 Å². The van der Waals surface area contributed by atoms with Crippen molar-refractivity contribution in [3.8, 4) is 5.75 Å². The van der Waals surface area contributed by atoms with Crippen LogP contribution < -0.4 is 15.8 Å². The number of benzene rings is 1. The standard InChI is InChI=1S/C12H18N2O3/c1-3-16-11-6-5-10(7-9(11)8-13)14-12(15)17-4-2/h5-7H,3-4,8,13H2,1-2H3,(H,14,15). The largest absolute Gasteiger partial charge is 0.494 e. The van der Waals surface area contributed by atoms with Crippen molar-refractivity contribution in [1.29, 1.82) is 0 Å². The highest BCUT2D eigenvalue weighted by atomic mass is 16.5. The number of hydrogen-bond donors (Lipinski definition) is 2. The van der Waals surface area contributed by atoms with E-state index in [1.165, 1.54) is 0 Å². The lowest BCUT2D eigenvalue weighted by molar-refractivity contribution is 0.168. The second-order valence-electron chi connectivity index (χ2n) is 3.31. The van der Waals surface area contributed by atoms with Crippen LogP contribution in [0, 0.1) is 0 Å².